The monoisotopic (exact) mass is 337 g/mol. The number of nitrogen functional groups attached to an aromatic ring is 1. The van der Waals surface area contributed by atoms with Crippen molar-refractivity contribution in [3.63, 3.8) is 0 Å². The third kappa shape index (κ3) is 2.86. The molecule has 0 spiro atoms. The Labute approximate surface area is 139 Å². The summed E-state index contributed by atoms with van der Waals surface area (Å²) in [6.07, 6.45) is 0.655. The first-order valence-electron chi connectivity index (χ1n) is 7.44. The summed E-state index contributed by atoms with van der Waals surface area (Å²) >= 11 is 6.20. The standard InChI is InChI=1S/C16H20ClN3O3/c1-4-10(5-2)19-15(21)13(11-8-6-7-9-12(11)17)14(18)20(19)16(22)23-3/h6-10H,4-5,18H2,1-3H3. The van der Waals surface area contributed by atoms with E-state index < -0.39 is 6.09 Å². The van der Waals surface area contributed by atoms with Crippen LogP contribution in [0.2, 0.25) is 5.02 Å². The van der Waals surface area contributed by atoms with Gasteiger partial charge in [0.25, 0.3) is 5.56 Å². The Morgan fingerprint density at radius 2 is 1.91 bits per heavy atom. The third-order valence-corrected chi connectivity index (χ3v) is 4.23. The zero-order valence-electron chi connectivity index (χ0n) is 13.4. The van der Waals surface area contributed by atoms with Gasteiger partial charge in [-0.1, -0.05) is 43.6 Å². The summed E-state index contributed by atoms with van der Waals surface area (Å²) in [6.45, 7) is 3.89. The summed E-state index contributed by atoms with van der Waals surface area (Å²) < 4.78 is 7.24. The molecule has 2 N–H and O–H groups in total. The molecule has 6 nitrogen and oxygen atoms in total. The van der Waals surface area contributed by atoms with Gasteiger partial charge in [0.2, 0.25) is 0 Å². The number of nitrogens with two attached hydrogens (primary N) is 1. The molecule has 0 atom stereocenters. The number of halogens is 1. The number of aromatic nitrogens is 2. The minimum Gasteiger partial charge on any atom is -0.451 e. The zero-order chi connectivity index (χ0) is 17.1. The van der Waals surface area contributed by atoms with Crippen molar-refractivity contribution in [3.8, 4) is 11.1 Å². The maximum absolute atomic E-state index is 12.9. The second-order valence-corrected chi connectivity index (χ2v) is 5.55. The smallest absolute Gasteiger partial charge is 0.434 e. The predicted octanol–water partition coefficient (Wildman–Crippen LogP) is 3.53. The molecule has 124 valence electrons. The van der Waals surface area contributed by atoms with Gasteiger partial charge in [-0.25, -0.2) is 9.48 Å². The van der Waals surface area contributed by atoms with Crippen molar-refractivity contribution in [2.24, 2.45) is 0 Å². The van der Waals surface area contributed by atoms with Crippen molar-refractivity contribution in [2.75, 3.05) is 12.8 Å². The topological polar surface area (TPSA) is 79.2 Å². The fraction of sp³-hybridized carbons (Fsp3) is 0.375. The van der Waals surface area contributed by atoms with E-state index in [0.29, 0.717) is 23.4 Å². The molecule has 0 saturated carbocycles. The van der Waals surface area contributed by atoms with Crippen molar-refractivity contribution in [1.82, 2.24) is 9.36 Å². The number of benzene rings is 1. The van der Waals surface area contributed by atoms with Crippen LogP contribution in [-0.2, 0) is 4.74 Å². The largest absolute Gasteiger partial charge is 0.451 e. The minimum atomic E-state index is -0.704. The SMILES string of the molecule is CCC(CC)n1c(=O)c(-c2ccccc2Cl)c(N)n1C(=O)OC. The van der Waals surface area contributed by atoms with E-state index in [1.807, 2.05) is 13.8 Å². The summed E-state index contributed by atoms with van der Waals surface area (Å²) in [6, 6.07) is 6.73. The normalized spacial score (nSPS) is 11.0. The molecule has 1 aromatic heterocycles. The van der Waals surface area contributed by atoms with E-state index in [9.17, 15) is 9.59 Å². The van der Waals surface area contributed by atoms with Crippen LogP contribution < -0.4 is 11.3 Å². The number of methoxy groups -OCH3 is 1. The Hall–Kier alpha value is -2.21. The van der Waals surface area contributed by atoms with Crippen LogP contribution >= 0.6 is 11.6 Å². The molecule has 0 fully saturated rings. The van der Waals surface area contributed by atoms with E-state index in [2.05, 4.69) is 0 Å². The number of carbonyl (C=O) groups excluding carboxylic acids is 1. The fourth-order valence-corrected chi connectivity index (χ4v) is 2.92. The fourth-order valence-electron chi connectivity index (χ4n) is 2.69. The second kappa shape index (κ2) is 6.91. The summed E-state index contributed by atoms with van der Waals surface area (Å²) in [5.74, 6) is 0.0295. The van der Waals surface area contributed by atoms with E-state index in [-0.39, 0.29) is 23.0 Å². The lowest BCUT2D eigenvalue weighted by molar-refractivity contribution is 0.161. The van der Waals surface area contributed by atoms with E-state index in [4.69, 9.17) is 22.1 Å². The molecule has 1 aromatic carbocycles. The molecule has 0 aliphatic carbocycles. The molecule has 2 rings (SSSR count). The lowest BCUT2D eigenvalue weighted by Gasteiger charge is -2.18. The molecule has 1 heterocycles. The van der Waals surface area contributed by atoms with E-state index >= 15 is 0 Å². The van der Waals surface area contributed by atoms with Gasteiger partial charge in [0.05, 0.1) is 18.7 Å². The molecular formula is C16H20ClN3O3. The van der Waals surface area contributed by atoms with Gasteiger partial charge in [0.15, 0.2) is 0 Å². The molecular weight excluding hydrogens is 318 g/mol. The quantitative estimate of drug-likeness (QED) is 0.925. The zero-order valence-corrected chi connectivity index (χ0v) is 14.1. The van der Waals surface area contributed by atoms with Gasteiger partial charge in [0.1, 0.15) is 5.82 Å². The van der Waals surface area contributed by atoms with Crippen molar-refractivity contribution >= 4 is 23.5 Å². The second-order valence-electron chi connectivity index (χ2n) is 5.14. The van der Waals surface area contributed by atoms with Gasteiger partial charge >= 0.3 is 6.09 Å². The van der Waals surface area contributed by atoms with Crippen molar-refractivity contribution in [1.29, 1.82) is 0 Å². The Morgan fingerprint density at radius 3 is 2.43 bits per heavy atom. The molecule has 0 aliphatic rings. The van der Waals surface area contributed by atoms with E-state index in [0.717, 1.165) is 4.68 Å². The molecule has 7 heteroatoms. The van der Waals surface area contributed by atoms with Crippen LogP contribution in [0.3, 0.4) is 0 Å². The highest BCUT2D eigenvalue weighted by Gasteiger charge is 2.27. The highest BCUT2D eigenvalue weighted by Crippen LogP contribution is 2.31. The number of carbonyl (C=O) groups is 1. The van der Waals surface area contributed by atoms with E-state index in [1.165, 1.54) is 11.8 Å². The number of hydrogen-bond acceptors (Lipinski definition) is 4. The molecule has 2 aromatic rings. The number of hydrogen-bond donors (Lipinski definition) is 1. The Bertz CT molecular complexity index is 775. The average molecular weight is 338 g/mol. The third-order valence-electron chi connectivity index (χ3n) is 3.90. The van der Waals surface area contributed by atoms with Gasteiger partial charge in [-0.15, -0.1) is 0 Å². The first-order chi connectivity index (χ1) is 11.0. The van der Waals surface area contributed by atoms with Crippen molar-refractivity contribution in [2.45, 2.75) is 32.7 Å². The molecule has 0 radical (unpaired) electrons. The lowest BCUT2D eigenvalue weighted by atomic mass is 10.1. The van der Waals surface area contributed by atoms with Gasteiger partial charge in [0, 0.05) is 10.6 Å². The number of nitrogens with zero attached hydrogens (tertiary/aromatic N) is 2. The molecule has 0 amide bonds. The highest BCUT2D eigenvalue weighted by molar-refractivity contribution is 6.33. The van der Waals surface area contributed by atoms with Crippen LogP contribution in [0.25, 0.3) is 11.1 Å². The van der Waals surface area contributed by atoms with Gasteiger partial charge < -0.3 is 10.5 Å². The summed E-state index contributed by atoms with van der Waals surface area (Å²) in [5.41, 5.74) is 6.47. The molecule has 0 bridgehead atoms. The number of rotatable bonds is 4. The van der Waals surface area contributed by atoms with Gasteiger partial charge in [-0.05, 0) is 18.9 Å². The van der Waals surface area contributed by atoms with Crippen LogP contribution in [0.5, 0.6) is 0 Å². The lowest BCUT2D eigenvalue weighted by Crippen LogP contribution is -2.31. The molecule has 0 aliphatic heterocycles. The molecule has 0 unspecified atom stereocenters. The maximum atomic E-state index is 12.9. The van der Waals surface area contributed by atoms with Crippen LogP contribution in [-0.4, -0.2) is 22.6 Å². The summed E-state index contributed by atoms with van der Waals surface area (Å²) in [7, 11) is 1.25. The predicted molar refractivity (Wildman–Crippen MR) is 91.0 cm³/mol. The molecule has 0 saturated heterocycles. The summed E-state index contributed by atoms with van der Waals surface area (Å²) in [5, 5.41) is 0.398. The van der Waals surface area contributed by atoms with Crippen molar-refractivity contribution in [3.05, 3.63) is 39.6 Å². The van der Waals surface area contributed by atoms with E-state index in [1.54, 1.807) is 24.3 Å². The van der Waals surface area contributed by atoms with Gasteiger partial charge in [-0.3, -0.25) is 4.79 Å². The highest BCUT2D eigenvalue weighted by atomic mass is 35.5. The Morgan fingerprint density at radius 1 is 1.30 bits per heavy atom. The van der Waals surface area contributed by atoms with Crippen LogP contribution in [0.4, 0.5) is 10.6 Å². The van der Waals surface area contributed by atoms with Crippen LogP contribution in [0, 0.1) is 0 Å². The Kier molecular flexibility index (Phi) is 5.15. The van der Waals surface area contributed by atoms with Crippen molar-refractivity contribution < 1.29 is 9.53 Å². The van der Waals surface area contributed by atoms with Crippen LogP contribution in [0.15, 0.2) is 29.1 Å². The number of anilines is 1. The first-order valence-corrected chi connectivity index (χ1v) is 7.81. The van der Waals surface area contributed by atoms with Gasteiger partial charge in [-0.2, -0.15) is 4.68 Å². The first kappa shape index (κ1) is 17.1. The average Bonchev–Trinajstić information content (AvgIpc) is 2.80. The summed E-state index contributed by atoms with van der Waals surface area (Å²) in [4.78, 5) is 25.1. The Balaban J connectivity index is 2.84. The number of ether oxygens (including phenoxy) is 1. The molecule has 23 heavy (non-hydrogen) atoms. The maximum Gasteiger partial charge on any atom is 0.434 e. The van der Waals surface area contributed by atoms with Crippen LogP contribution in [0.1, 0.15) is 32.7 Å². The minimum absolute atomic E-state index is 0.0295.